The van der Waals surface area contributed by atoms with Crippen LogP contribution in [0.25, 0.3) is 0 Å². The molecule has 0 N–H and O–H groups in total. The Bertz CT molecular complexity index is 772. The molecule has 7 heteroatoms. The fourth-order valence-corrected chi connectivity index (χ4v) is 5.15. The topological polar surface area (TPSA) is 56.6 Å². The highest BCUT2D eigenvalue weighted by Gasteiger charge is 2.37. The second kappa shape index (κ2) is 7.69. The number of rotatable bonds is 1. The summed E-state index contributed by atoms with van der Waals surface area (Å²) in [6.07, 6.45) is -0.248. The molecule has 0 bridgehead atoms. The first kappa shape index (κ1) is 20.0. The SMILES string of the molecule is Cc1c(C2CN3CCN(C(=O)OC(C)(C)C)CC3CS2)ccc(F)c1C#N. The van der Waals surface area contributed by atoms with Crippen LogP contribution >= 0.6 is 11.8 Å². The molecule has 146 valence electrons. The van der Waals surface area contributed by atoms with Gasteiger partial charge in [0.15, 0.2) is 0 Å². The quantitative estimate of drug-likeness (QED) is 0.730. The van der Waals surface area contributed by atoms with Gasteiger partial charge in [0.1, 0.15) is 17.5 Å². The van der Waals surface area contributed by atoms with Gasteiger partial charge in [-0.05, 0) is 44.9 Å². The van der Waals surface area contributed by atoms with Gasteiger partial charge in [0.25, 0.3) is 0 Å². The molecule has 0 radical (unpaired) electrons. The third-order valence-electron chi connectivity index (χ3n) is 5.06. The second-order valence-corrected chi connectivity index (χ2v) is 9.38. The van der Waals surface area contributed by atoms with E-state index < -0.39 is 11.4 Å². The highest BCUT2D eigenvalue weighted by atomic mass is 32.2. The lowest BCUT2D eigenvalue weighted by molar-refractivity contribution is 0.00557. The van der Waals surface area contributed by atoms with Gasteiger partial charge in [0.2, 0.25) is 0 Å². The van der Waals surface area contributed by atoms with Crippen LogP contribution < -0.4 is 0 Å². The van der Waals surface area contributed by atoms with Crippen LogP contribution in [-0.2, 0) is 4.74 Å². The minimum absolute atomic E-state index is 0.143. The molecule has 2 saturated heterocycles. The predicted molar refractivity (Wildman–Crippen MR) is 104 cm³/mol. The lowest BCUT2D eigenvalue weighted by Crippen LogP contribution is -2.58. The predicted octanol–water partition coefficient (Wildman–Crippen LogP) is 3.72. The molecule has 0 spiro atoms. The van der Waals surface area contributed by atoms with Crippen molar-refractivity contribution < 1.29 is 13.9 Å². The minimum Gasteiger partial charge on any atom is -0.444 e. The van der Waals surface area contributed by atoms with E-state index >= 15 is 0 Å². The number of nitriles is 1. The lowest BCUT2D eigenvalue weighted by Gasteiger charge is -2.46. The van der Waals surface area contributed by atoms with Crippen molar-refractivity contribution in [2.75, 3.05) is 31.9 Å². The Kier molecular flexibility index (Phi) is 5.68. The van der Waals surface area contributed by atoms with Crippen LogP contribution in [0.2, 0.25) is 0 Å². The van der Waals surface area contributed by atoms with Gasteiger partial charge in [-0.1, -0.05) is 6.07 Å². The molecule has 1 aromatic rings. The Morgan fingerprint density at radius 1 is 1.33 bits per heavy atom. The van der Waals surface area contributed by atoms with E-state index in [1.54, 1.807) is 11.0 Å². The second-order valence-electron chi connectivity index (χ2n) is 8.15. The van der Waals surface area contributed by atoms with Gasteiger partial charge in [-0.15, -0.1) is 0 Å². The summed E-state index contributed by atoms with van der Waals surface area (Å²) in [5.74, 6) is 0.436. The first-order valence-electron chi connectivity index (χ1n) is 9.22. The maximum absolute atomic E-state index is 13.8. The monoisotopic (exact) mass is 391 g/mol. The van der Waals surface area contributed by atoms with E-state index in [4.69, 9.17) is 4.74 Å². The summed E-state index contributed by atoms with van der Waals surface area (Å²) < 4.78 is 19.3. The van der Waals surface area contributed by atoms with Gasteiger partial charge in [-0.2, -0.15) is 17.0 Å². The average molecular weight is 392 g/mol. The zero-order valence-electron chi connectivity index (χ0n) is 16.3. The van der Waals surface area contributed by atoms with Gasteiger partial charge in [-0.3, -0.25) is 4.90 Å². The molecule has 3 rings (SSSR count). The first-order valence-corrected chi connectivity index (χ1v) is 10.3. The Labute approximate surface area is 164 Å². The molecule has 0 saturated carbocycles. The number of amides is 1. The van der Waals surface area contributed by atoms with Crippen LogP contribution in [0.3, 0.4) is 0 Å². The van der Waals surface area contributed by atoms with E-state index in [0.717, 1.165) is 30.0 Å². The van der Waals surface area contributed by atoms with Crippen LogP contribution in [0.4, 0.5) is 9.18 Å². The van der Waals surface area contributed by atoms with Gasteiger partial charge in [0, 0.05) is 43.2 Å². The smallest absolute Gasteiger partial charge is 0.410 e. The van der Waals surface area contributed by atoms with Crippen molar-refractivity contribution in [3.05, 3.63) is 34.6 Å². The van der Waals surface area contributed by atoms with Crippen molar-refractivity contribution in [3.63, 3.8) is 0 Å². The highest BCUT2D eigenvalue weighted by molar-refractivity contribution is 7.99. The Morgan fingerprint density at radius 2 is 2.07 bits per heavy atom. The molecule has 1 amide bonds. The van der Waals surface area contributed by atoms with Gasteiger partial charge in [0.05, 0.1) is 5.56 Å². The maximum Gasteiger partial charge on any atom is 0.410 e. The molecule has 0 aromatic heterocycles. The molecule has 2 fully saturated rings. The summed E-state index contributed by atoms with van der Waals surface area (Å²) >= 11 is 1.82. The van der Waals surface area contributed by atoms with Crippen molar-refractivity contribution in [1.29, 1.82) is 5.26 Å². The van der Waals surface area contributed by atoms with Gasteiger partial charge >= 0.3 is 6.09 Å². The number of fused-ring (bicyclic) bond motifs is 1. The lowest BCUT2D eigenvalue weighted by atomic mass is 9.99. The molecule has 2 aliphatic rings. The molecule has 1 aromatic carbocycles. The van der Waals surface area contributed by atoms with E-state index in [2.05, 4.69) is 4.90 Å². The third-order valence-corrected chi connectivity index (χ3v) is 6.44. The molecule has 2 atom stereocenters. The number of piperazine rings is 1. The summed E-state index contributed by atoms with van der Waals surface area (Å²) in [5.41, 5.74) is 1.43. The summed E-state index contributed by atoms with van der Waals surface area (Å²) in [5, 5.41) is 9.42. The van der Waals surface area contributed by atoms with E-state index in [1.807, 2.05) is 45.5 Å². The number of hydrogen-bond donors (Lipinski definition) is 0. The van der Waals surface area contributed by atoms with Gasteiger partial charge in [-0.25, -0.2) is 9.18 Å². The number of carbonyl (C=O) groups excluding carboxylic acids is 1. The van der Waals surface area contributed by atoms with Crippen molar-refractivity contribution in [2.45, 2.75) is 44.6 Å². The Morgan fingerprint density at radius 3 is 2.74 bits per heavy atom. The maximum atomic E-state index is 13.8. The number of hydrogen-bond acceptors (Lipinski definition) is 5. The van der Waals surface area contributed by atoms with Crippen LogP contribution in [0, 0.1) is 24.1 Å². The largest absolute Gasteiger partial charge is 0.444 e. The zero-order chi connectivity index (χ0) is 19.8. The fraction of sp³-hybridized carbons (Fsp3) is 0.600. The number of thioether (sulfide) groups is 1. The van der Waals surface area contributed by atoms with Crippen LogP contribution in [-0.4, -0.2) is 59.5 Å². The Balaban J connectivity index is 1.67. The number of halogens is 1. The zero-order valence-corrected chi connectivity index (χ0v) is 17.1. The number of ether oxygens (including phenoxy) is 1. The first-order chi connectivity index (χ1) is 12.7. The standard InChI is InChI=1S/C20H26FN3O2S/c1-13-15(5-6-17(21)16(13)9-22)18-11-23-7-8-24(10-14(23)12-27-18)19(25)26-20(2,3)4/h5-6,14,18H,7-8,10-12H2,1-4H3. The van der Waals surface area contributed by atoms with Crippen molar-refractivity contribution in [3.8, 4) is 6.07 Å². The van der Waals surface area contributed by atoms with Gasteiger partial charge < -0.3 is 9.64 Å². The fourth-order valence-electron chi connectivity index (χ4n) is 3.65. The normalized spacial score (nSPS) is 23.5. The van der Waals surface area contributed by atoms with E-state index in [1.165, 1.54) is 6.07 Å². The molecule has 27 heavy (non-hydrogen) atoms. The molecule has 2 unspecified atom stereocenters. The third kappa shape index (κ3) is 4.39. The van der Waals surface area contributed by atoms with Crippen LogP contribution in [0.1, 0.15) is 42.7 Å². The van der Waals surface area contributed by atoms with Crippen molar-refractivity contribution in [2.24, 2.45) is 0 Å². The number of nitrogens with zero attached hydrogens (tertiary/aromatic N) is 3. The molecular weight excluding hydrogens is 365 g/mol. The van der Waals surface area contributed by atoms with E-state index in [-0.39, 0.29) is 16.9 Å². The summed E-state index contributed by atoms with van der Waals surface area (Å²) in [7, 11) is 0. The van der Waals surface area contributed by atoms with Crippen molar-refractivity contribution >= 4 is 17.9 Å². The highest BCUT2D eigenvalue weighted by Crippen LogP contribution is 2.39. The summed E-state index contributed by atoms with van der Waals surface area (Å²) in [6.45, 7) is 10.4. The summed E-state index contributed by atoms with van der Waals surface area (Å²) in [4.78, 5) is 16.5. The molecular formula is C20H26FN3O2S. The average Bonchev–Trinajstić information content (AvgIpc) is 2.60. The summed E-state index contributed by atoms with van der Waals surface area (Å²) in [6, 6.07) is 5.48. The van der Waals surface area contributed by atoms with Crippen LogP contribution in [0.5, 0.6) is 0 Å². The van der Waals surface area contributed by atoms with Crippen molar-refractivity contribution in [1.82, 2.24) is 9.80 Å². The number of benzene rings is 1. The molecule has 2 heterocycles. The number of carbonyl (C=O) groups is 1. The van der Waals surface area contributed by atoms with Crippen LogP contribution in [0.15, 0.2) is 12.1 Å². The minimum atomic E-state index is -0.487. The van der Waals surface area contributed by atoms with E-state index in [0.29, 0.717) is 19.1 Å². The molecule has 0 aliphatic carbocycles. The molecule has 2 aliphatic heterocycles. The Hall–Kier alpha value is -1.78. The van der Waals surface area contributed by atoms with E-state index in [9.17, 15) is 14.4 Å². The molecule has 5 nitrogen and oxygen atoms in total.